The number of hydrogen-bond acceptors (Lipinski definition) is 5. The first-order valence-electron chi connectivity index (χ1n) is 12.5. The average molecular weight is 561 g/mol. The molecule has 2 rings (SSSR count). The van der Waals surface area contributed by atoms with Gasteiger partial charge in [-0.25, -0.2) is 8.88 Å². The summed E-state index contributed by atoms with van der Waals surface area (Å²) in [6.07, 6.45) is 9.19. The van der Waals surface area contributed by atoms with E-state index in [-0.39, 0.29) is 12.4 Å². The maximum atomic E-state index is 12.5. The number of hydrogen-bond donors (Lipinski definition) is 2. The minimum absolute atomic E-state index is 0.178. The highest BCUT2D eigenvalue weighted by atomic mass is 31.3. The highest BCUT2D eigenvalue weighted by molar-refractivity contribution is 7.63. The Morgan fingerprint density at radius 1 is 0.789 bits per heavy atom. The number of allylic oxidation sites excluding steroid dienone is 5. The summed E-state index contributed by atoms with van der Waals surface area (Å²) in [6.45, 7) is 7.94. The summed E-state index contributed by atoms with van der Waals surface area (Å²) in [4.78, 5) is 32.6. The number of carbonyl (C=O) groups is 1. The van der Waals surface area contributed by atoms with Gasteiger partial charge in [-0.3, -0.25) is 13.9 Å². The molecular weight excluding hydrogens is 522 g/mol. The van der Waals surface area contributed by atoms with E-state index in [1.54, 1.807) is 30.3 Å². The molecule has 0 saturated carbocycles. The van der Waals surface area contributed by atoms with Crippen LogP contribution < -0.4 is 0 Å². The molecule has 0 aliphatic rings. The number of carbonyl (C=O) groups excluding carboxylic acids is 1. The van der Waals surface area contributed by atoms with E-state index >= 15 is 0 Å². The quantitative estimate of drug-likeness (QED) is 0.128. The van der Waals surface area contributed by atoms with Crippen molar-refractivity contribution in [2.45, 2.75) is 59.5 Å². The standard InChI is InChI=1S/C29H38O7P2/c1-23(2)10-8-11-24(3)12-9-13-25(4)20-21-35-38(33,34)36-37(31,32)22-26-16-18-28(19-17-26)29(30)27-14-6-5-7-15-27/h5-7,10,12,14-20H,8-9,11,13,21-22H2,1-4H3,(H,31,32)(H,33,34)/b24-12+,25-20+. The number of ketones is 1. The molecule has 0 spiro atoms. The Hall–Kier alpha value is -2.37. The molecule has 0 radical (unpaired) electrons. The molecule has 2 aromatic rings. The minimum atomic E-state index is -4.76. The lowest BCUT2D eigenvalue weighted by atomic mass is 10.0. The van der Waals surface area contributed by atoms with E-state index in [4.69, 9.17) is 4.52 Å². The molecule has 9 heteroatoms. The lowest BCUT2D eigenvalue weighted by Gasteiger charge is -2.16. The van der Waals surface area contributed by atoms with Crippen LogP contribution in [0.15, 0.2) is 89.5 Å². The van der Waals surface area contributed by atoms with Gasteiger partial charge < -0.3 is 9.79 Å². The van der Waals surface area contributed by atoms with E-state index in [1.807, 2.05) is 13.0 Å². The van der Waals surface area contributed by atoms with Crippen molar-refractivity contribution in [3.05, 3.63) is 106 Å². The first kappa shape index (κ1) is 31.8. The van der Waals surface area contributed by atoms with Crippen molar-refractivity contribution in [1.29, 1.82) is 0 Å². The third kappa shape index (κ3) is 12.4. The first-order valence-corrected chi connectivity index (χ1v) is 15.8. The number of phosphoric acid groups is 1. The van der Waals surface area contributed by atoms with E-state index in [1.165, 1.54) is 35.4 Å². The SMILES string of the molecule is CC(C)=CCC/C(C)=C/CC/C(C)=C/COP(=O)(O)OP(=O)(O)Cc1ccc(C(=O)c2ccccc2)cc1. The van der Waals surface area contributed by atoms with Gasteiger partial charge in [0.15, 0.2) is 5.78 Å². The molecule has 0 aromatic heterocycles. The van der Waals surface area contributed by atoms with Crippen molar-refractivity contribution in [2.75, 3.05) is 6.61 Å². The highest BCUT2D eigenvalue weighted by Crippen LogP contribution is 2.61. The van der Waals surface area contributed by atoms with Crippen molar-refractivity contribution >= 4 is 21.2 Å². The van der Waals surface area contributed by atoms with E-state index in [0.29, 0.717) is 16.7 Å². The summed E-state index contributed by atoms with van der Waals surface area (Å²) in [7, 11) is -9.26. The van der Waals surface area contributed by atoms with Crippen molar-refractivity contribution in [2.24, 2.45) is 0 Å². The van der Waals surface area contributed by atoms with Crippen LogP contribution in [0.1, 0.15) is 74.9 Å². The van der Waals surface area contributed by atoms with E-state index < -0.39 is 21.6 Å². The fraction of sp³-hybridized carbons (Fsp3) is 0.345. The van der Waals surface area contributed by atoms with Crippen LogP contribution in [0.25, 0.3) is 0 Å². The predicted molar refractivity (Wildman–Crippen MR) is 152 cm³/mol. The highest BCUT2D eigenvalue weighted by Gasteiger charge is 2.33. The molecule has 0 aliphatic carbocycles. The normalized spacial score (nSPS) is 15.4. The topological polar surface area (TPSA) is 110 Å². The largest absolute Gasteiger partial charge is 0.479 e. The third-order valence-corrected chi connectivity index (χ3v) is 8.74. The Balaban J connectivity index is 1.82. The van der Waals surface area contributed by atoms with E-state index in [0.717, 1.165) is 31.3 Å². The van der Waals surface area contributed by atoms with Crippen LogP contribution in [-0.2, 0) is 24.1 Å². The van der Waals surface area contributed by atoms with Gasteiger partial charge in [0.05, 0.1) is 12.8 Å². The molecular formula is C29H38O7P2. The summed E-state index contributed by atoms with van der Waals surface area (Å²) < 4.78 is 34.2. The number of phosphoric ester groups is 1. The van der Waals surface area contributed by atoms with Crippen LogP contribution in [0.5, 0.6) is 0 Å². The van der Waals surface area contributed by atoms with Crippen molar-refractivity contribution in [3.8, 4) is 0 Å². The molecule has 2 N–H and O–H groups in total. The molecule has 0 heterocycles. The second-order valence-electron chi connectivity index (χ2n) is 9.49. The van der Waals surface area contributed by atoms with Gasteiger partial charge in [-0.15, -0.1) is 0 Å². The van der Waals surface area contributed by atoms with E-state index in [2.05, 4.69) is 37.2 Å². The lowest BCUT2D eigenvalue weighted by molar-refractivity contribution is 0.103. The second kappa shape index (κ2) is 15.3. The first-order chi connectivity index (χ1) is 17.9. The zero-order valence-corrected chi connectivity index (χ0v) is 24.3. The van der Waals surface area contributed by atoms with Crippen LogP contribution in [0, 0.1) is 0 Å². The van der Waals surface area contributed by atoms with Gasteiger partial charge in [0.2, 0.25) is 0 Å². The van der Waals surface area contributed by atoms with Crippen LogP contribution in [0.4, 0.5) is 0 Å². The van der Waals surface area contributed by atoms with Crippen molar-refractivity contribution < 1.29 is 32.5 Å². The van der Waals surface area contributed by atoms with Crippen LogP contribution in [0.2, 0.25) is 0 Å². The predicted octanol–water partition coefficient (Wildman–Crippen LogP) is 8.16. The molecule has 2 atom stereocenters. The molecule has 38 heavy (non-hydrogen) atoms. The summed E-state index contributed by atoms with van der Waals surface area (Å²) in [5.74, 6) is -0.178. The van der Waals surface area contributed by atoms with Gasteiger partial charge in [-0.05, 0) is 58.9 Å². The van der Waals surface area contributed by atoms with Gasteiger partial charge in [-0.1, -0.05) is 89.5 Å². The molecule has 2 unspecified atom stereocenters. The monoisotopic (exact) mass is 560 g/mol. The zero-order valence-electron chi connectivity index (χ0n) is 22.5. The summed E-state index contributed by atoms with van der Waals surface area (Å²) >= 11 is 0. The smallest absolute Gasteiger partial charge is 0.324 e. The molecule has 2 aromatic carbocycles. The van der Waals surface area contributed by atoms with Crippen LogP contribution in [-0.4, -0.2) is 22.2 Å². The number of rotatable bonds is 15. The Labute approximate surface area is 226 Å². The average Bonchev–Trinajstić information content (AvgIpc) is 2.83. The summed E-state index contributed by atoms with van der Waals surface area (Å²) in [5, 5.41) is 0. The Kier molecular flexibility index (Phi) is 12.8. The lowest BCUT2D eigenvalue weighted by Crippen LogP contribution is -2.01. The van der Waals surface area contributed by atoms with Gasteiger partial charge in [0.25, 0.3) is 0 Å². The van der Waals surface area contributed by atoms with Crippen molar-refractivity contribution in [3.63, 3.8) is 0 Å². The Morgan fingerprint density at radius 3 is 1.95 bits per heavy atom. The molecule has 0 fully saturated rings. The van der Waals surface area contributed by atoms with Crippen LogP contribution in [0.3, 0.4) is 0 Å². The van der Waals surface area contributed by atoms with Gasteiger partial charge in [0, 0.05) is 11.1 Å². The molecule has 0 saturated heterocycles. The number of benzene rings is 2. The zero-order chi connectivity index (χ0) is 28.2. The van der Waals surface area contributed by atoms with E-state index in [9.17, 15) is 23.7 Å². The third-order valence-electron chi connectivity index (χ3n) is 5.66. The molecule has 206 valence electrons. The molecule has 0 amide bonds. The maximum Gasteiger partial charge on any atom is 0.479 e. The maximum absolute atomic E-state index is 12.5. The Morgan fingerprint density at radius 2 is 1.34 bits per heavy atom. The molecule has 0 bridgehead atoms. The fourth-order valence-electron chi connectivity index (χ4n) is 3.57. The summed E-state index contributed by atoms with van der Waals surface area (Å²) in [6, 6.07) is 14.8. The van der Waals surface area contributed by atoms with Crippen molar-refractivity contribution in [1.82, 2.24) is 0 Å². The second-order valence-corrected chi connectivity index (χ2v) is 12.9. The minimum Gasteiger partial charge on any atom is -0.324 e. The van der Waals surface area contributed by atoms with Gasteiger partial charge >= 0.3 is 15.4 Å². The summed E-state index contributed by atoms with van der Waals surface area (Å²) in [5.41, 5.74) is 4.92. The van der Waals surface area contributed by atoms with Gasteiger partial charge in [-0.2, -0.15) is 0 Å². The molecule has 0 aliphatic heterocycles. The van der Waals surface area contributed by atoms with Crippen LogP contribution >= 0.6 is 15.4 Å². The molecule has 7 nitrogen and oxygen atoms in total. The fourth-order valence-corrected chi connectivity index (χ4v) is 6.22. The van der Waals surface area contributed by atoms with Gasteiger partial charge in [0.1, 0.15) is 0 Å². The Bertz CT molecular complexity index is 1240.